The number of hydrogen-bond acceptors (Lipinski definition) is 4. The minimum Gasteiger partial charge on any atom is -0.384 e. The third-order valence-corrected chi connectivity index (χ3v) is 4.07. The molecule has 0 amide bonds. The van der Waals surface area contributed by atoms with Gasteiger partial charge >= 0.3 is 0 Å². The van der Waals surface area contributed by atoms with Gasteiger partial charge in [-0.15, -0.1) is 0 Å². The Morgan fingerprint density at radius 3 is 2.81 bits per heavy atom. The van der Waals surface area contributed by atoms with Gasteiger partial charge in [-0.2, -0.15) is 0 Å². The second-order valence-corrected chi connectivity index (χ2v) is 5.99. The maximum Gasteiger partial charge on any atom is 0.125 e. The zero-order valence-electron chi connectivity index (χ0n) is 12.6. The van der Waals surface area contributed by atoms with Crippen LogP contribution in [0, 0.1) is 6.92 Å². The van der Waals surface area contributed by atoms with Crippen molar-refractivity contribution in [1.29, 1.82) is 0 Å². The zero-order chi connectivity index (χ0) is 14.9. The molecule has 0 saturated carbocycles. The smallest absolute Gasteiger partial charge is 0.125 e. The monoisotopic (exact) mass is 283 g/mol. The van der Waals surface area contributed by atoms with Gasteiger partial charge in [-0.1, -0.05) is 30.3 Å². The second-order valence-electron chi connectivity index (χ2n) is 5.99. The highest BCUT2D eigenvalue weighted by atomic mass is 16.3. The summed E-state index contributed by atoms with van der Waals surface area (Å²) in [6.45, 7) is 6.12. The van der Waals surface area contributed by atoms with Crippen LogP contribution in [0.1, 0.15) is 29.6 Å². The Morgan fingerprint density at radius 2 is 2.05 bits per heavy atom. The summed E-state index contributed by atoms with van der Waals surface area (Å²) >= 11 is 0. The number of aliphatic hydroxyl groups is 1. The molecule has 1 aromatic heterocycles. The number of fused-ring (bicyclic) bond motifs is 1. The summed E-state index contributed by atoms with van der Waals surface area (Å²) in [6.07, 6.45) is 2.88. The Kier molecular flexibility index (Phi) is 3.74. The first-order valence-electron chi connectivity index (χ1n) is 7.36. The van der Waals surface area contributed by atoms with Gasteiger partial charge in [-0.05, 0) is 31.4 Å². The lowest BCUT2D eigenvalue weighted by Crippen LogP contribution is -2.41. The van der Waals surface area contributed by atoms with Crippen molar-refractivity contribution in [2.45, 2.75) is 32.4 Å². The van der Waals surface area contributed by atoms with Gasteiger partial charge in [0.15, 0.2) is 0 Å². The molecule has 110 valence electrons. The SMILES string of the molecule is Cc1ncc2c(n1)CN(CC(C)(O)c1ccccc1)CC2. The van der Waals surface area contributed by atoms with E-state index in [1.807, 2.05) is 50.4 Å². The third-order valence-electron chi connectivity index (χ3n) is 4.07. The average molecular weight is 283 g/mol. The molecule has 2 heterocycles. The van der Waals surface area contributed by atoms with Crippen molar-refractivity contribution >= 4 is 0 Å². The van der Waals surface area contributed by atoms with Crippen molar-refractivity contribution in [3.63, 3.8) is 0 Å². The zero-order valence-corrected chi connectivity index (χ0v) is 12.6. The molecule has 1 atom stereocenters. The summed E-state index contributed by atoms with van der Waals surface area (Å²) in [5.41, 5.74) is 2.43. The van der Waals surface area contributed by atoms with Crippen molar-refractivity contribution in [3.05, 3.63) is 59.2 Å². The number of aryl methyl sites for hydroxylation is 1. The minimum atomic E-state index is -0.846. The minimum absolute atomic E-state index is 0.611. The van der Waals surface area contributed by atoms with E-state index in [1.165, 1.54) is 5.56 Å². The van der Waals surface area contributed by atoms with Gasteiger partial charge in [0, 0.05) is 25.8 Å². The molecule has 0 bridgehead atoms. The lowest BCUT2D eigenvalue weighted by atomic mass is 9.94. The molecular weight excluding hydrogens is 262 g/mol. The predicted molar refractivity (Wildman–Crippen MR) is 81.8 cm³/mol. The molecule has 21 heavy (non-hydrogen) atoms. The van der Waals surface area contributed by atoms with Crippen LogP contribution in [-0.2, 0) is 18.6 Å². The molecule has 4 nitrogen and oxygen atoms in total. The van der Waals surface area contributed by atoms with Gasteiger partial charge in [0.05, 0.1) is 11.3 Å². The molecule has 0 fully saturated rings. The highest BCUT2D eigenvalue weighted by Gasteiger charge is 2.28. The number of aromatic nitrogens is 2. The topological polar surface area (TPSA) is 49.2 Å². The molecule has 1 aliphatic heterocycles. The number of hydrogen-bond donors (Lipinski definition) is 1. The van der Waals surface area contributed by atoms with Crippen LogP contribution in [0.5, 0.6) is 0 Å². The van der Waals surface area contributed by atoms with Crippen molar-refractivity contribution in [1.82, 2.24) is 14.9 Å². The van der Waals surface area contributed by atoms with Gasteiger partial charge in [0.2, 0.25) is 0 Å². The van der Waals surface area contributed by atoms with Gasteiger partial charge in [0.1, 0.15) is 5.82 Å². The molecule has 1 N–H and O–H groups in total. The highest BCUT2D eigenvalue weighted by Crippen LogP contribution is 2.24. The van der Waals surface area contributed by atoms with E-state index in [0.717, 1.165) is 36.6 Å². The van der Waals surface area contributed by atoms with Gasteiger partial charge in [-0.3, -0.25) is 4.90 Å². The molecule has 0 radical (unpaired) electrons. The maximum absolute atomic E-state index is 10.8. The molecule has 0 saturated heterocycles. The summed E-state index contributed by atoms with van der Waals surface area (Å²) in [4.78, 5) is 11.1. The van der Waals surface area contributed by atoms with E-state index in [0.29, 0.717) is 6.54 Å². The van der Waals surface area contributed by atoms with E-state index in [-0.39, 0.29) is 0 Å². The second kappa shape index (κ2) is 5.54. The number of β-amino-alcohol motifs (C(OH)–C–C–N with tert-alkyl or cyclic N) is 1. The van der Waals surface area contributed by atoms with Gasteiger partial charge in [0.25, 0.3) is 0 Å². The van der Waals surface area contributed by atoms with Crippen LogP contribution >= 0.6 is 0 Å². The largest absolute Gasteiger partial charge is 0.384 e. The van der Waals surface area contributed by atoms with Crippen LogP contribution in [-0.4, -0.2) is 33.1 Å². The van der Waals surface area contributed by atoms with Gasteiger partial charge < -0.3 is 5.11 Å². The maximum atomic E-state index is 10.8. The van der Waals surface area contributed by atoms with Crippen molar-refractivity contribution < 1.29 is 5.11 Å². The Hall–Kier alpha value is -1.78. The fraction of sp³-hybridized carbons (Fsp3) is 0.412. The number of benzene rings is 1. The fourth-order valence-electron chi connectivity index (χ4n) is 2.92. The van der Waals surface area contributed by atoms with Crippen LogP contribution in [0.15, 0.2) is 36.5 Å². The molecule has 2 aromatic rings. The van der Waals surface area contributed by atoms with Gasteiger partial charge in [-0.25, -0.2) is 9.97 Å². The Labute approximate surface area is 125 Å². The Balaban J connectivity index is 1.75. The first kappa shape index (κ1) is 14.2. The lowest BCUT2D eigenvalue weighted by molar-refractivity contribution is 0.0112. The van der Waals surface area contributed by atoms with Crippen molar-refractivity contribution in [2.75, 3.05) is 13.1 Å². The molecule has 3 rings (SSSR count). The van der Waals surface area contributed by atoms with E-state index in [9.17, 15) is 5.11 Å². The number of nitrogens with zero attached hydrogens (tertiary/aromatic N) is 3. The molecule has 4 heteroatoms. The van der Waals surface area contributed by atoms with Crippen LogP contribution in [0.2, 0.25) is 0 Å². The standard InChI is InChI=1S/C17H21N3O/c1-13-18-10-14-8-9-20(11-16(14)19-13)12-17(2,21)15-6-4-3-5-7-15/h3-7,10,21H,8-9,11-12H2,1-2H3. The molecule has 1 unspecified atom stereocenters. The van der Waals surface area contributed by atoms with E-state index in [2.05, 4.69) is 14.9 Å². The summed E-state index contributed by atoms with van der Waals surface area (Å²) in [7, 11) is 0. The van der Waals surface area contributed by atoms with Crippen LogP contribution in [0.4, 0.5) is 0 Å². The summed E-state index contributed by atoms with van der Waals surface area (Å²) < 4.78 is 0. The van der Waals surface area contributed by atoms with E-state index in [4.69, 9.17) is 0 Å². The van der Waals surface area contributed by atoms with E-state index < -0.39 is 5.60 Å². The lowest BCUT2D eigenvalue weighted by Gasteiger charge is -2.34. The molecule has 1 aliphatic rings. The quantitative estimate of drug-likeness (QED) is 0.936. The summed E-state index contributed by atoms with van der Waals surface area (Å²) in [5.74, 6) is 0.811. The van der Waals surface area contributed by atoms with Crippen LogP contribution in [0.25, 0.3) is 0 Å². The van der Waals surface area contributed by atoms with Crippen LogP contribution < -0.4 is 0 Å². The number of rotatable bonds is 3. The van der Waals surface area contributed by atoms with Crippen LogP contribution in [0.3, 0.4) is 0 Å². The normalized spacial score (nSPS) is 18.0. The predicted octanol–water partition coefficient (Wildman–Crippen LogP) is 2.05. The van der Waals surface area contributed by atoms with Crippen molar-refractivity contribution in [2.24, 2.45) is 0 Å². The Morgan fingerprint density at radius 1 is 1.29 bits per heavy atom. The van der Waals surface area contributed by atoms with E-state index >= 15 is 0 Å². The first-order chi connectivity index (χ1) is 10.0. The molecular formula is C17H21N3O. The average Bonchev–Trinajstić information content (AvgIpc) is 2.47. The highest BCUT2D eigenvalue weighted by molar-refractivity contribution is 5.23. The summed E-state index contributed by atoms with van der Waals surface area (Å²) in [6, 6.07) is 9.85. The first-order valence-corrected chi connectivity index (χ1v) is 7.36. The molecule has 1 aromatic carbocycles. The van der Waals surface area contributed by atoms with Crippen molar-refractivity contribution in [3.8, 4) is 0 Å². The Bertz CT molecular complexity index is 625. The fourth-order valence-corrected chi connectivity index (χ4v) is 2.92. The third kappa shape index (κ3) is 3.12. The molecule has 0 spiro atoms. The summed E-state index contributed by atoms with van der Waals surface area (Å²) in [5, 5.41) is 10.8. The van der Waals surface area contributed by atoms with E-state index in [1.54, 1.807) is 0 Å². The molecule has 0 aliphatic carbocycles.